The van der Waals surface area contributed by atoms with Crippen molar-refractivity contribution in [2.45, 2.75) is 19.3 Å². The molecular weight excluding hydrogens is 230 g/mol. The highest BCUT2D eigenvalue weighted by Crippen LogP contribution is 2.40. The number of aryl methyl sites for hydroxylation is 1. The molecule has 0 unspecified atom stereocenters. The number of fused-ring (bicyclic) bond motifs is 1. The van der Waals surface area contributed by atoms with Gasteiger partial charge in [-0.05, 0) is 37.0 Å². The van der Waals surface area contributed by atoms with Crippen LogP contribution in [0.1, 0.15) is 27.2 Å². The average molecular weight is 239 g/mol. The molecule has 5 heteroatoms. The summed E-state index contributed by atoms with van der Waals surface area (Å²) in [7, 11) is 1.38. The van der Waals surface area contributed by atoms with Crippen LogP contribution in [-0.2, 0) is 17.6 Å². The van der Waals surface area contributed by atoms with Crippen molar-refractivity contribution < 1.29 is 9.53 Å². The van der Waals surface area contributed by atoms with E-state index >= 15 is 0 Å². The summed E-state index contributed by atoms with van der Waals surface area (Å²) in [5, 5.41) is 2.94. The van der Waals surface area contributed by atoms with Crippen LogP contribution in [0.2, 0.25) is 0 Å². The first-order valence-electron chi connectivity index (χ1n) is 4.58. The summed E-state index contributed by atoms with van der Waals surface area (Å²) >= 11 is 6.08. The average Bonchev–Trinajstić information content (AvgIpc) is 2.77. The van der Waals surface area contributed by atoms with Gasteiger partial charge in [0.25, 0.3) is 0 Å². The number of hydrogen-bond donors (Lipinski definition) is 0. The topological polar surface area (TPSA) is 38.7 Å². The molecular formula is C10H9NO2S2. The summed E-state index contributed by atoms with van der Waals surface area (Å²) in [5.74, 6) is -0.321. The molecule has 0 atom stereocenters. The van der Waals surface area contributed by atoms with Gasteiger partial charge < -0.3 is 4.74 Å². The van der Waals surface area contributed by atoms with E-state index in [4.69, 9.17) is 4.74 Å². The van der Waals surface area contributed by atoms with Crippen molar-refractivity contribution in [1.29, 1.82) is 0 Å². The van der Waals surface area contributed by atoms with E-state index in [1.807, 2.05) is 0 Å². The monoisotopic (exact) mass is 239 g/mol. The third-order valence-corrected chi connectivity index (χ3v) is 3.72. The second-order valence-corrected chi connectivity index (χ2v) is 4.50. The lowest BCUT2D eigenvalue weighted by molar-refractivity contribution is 0.0601. The molecule has 0 N–H and O–H groups in total. The van der Waals surface area contributed by atoms with E-state index in [1.54, 1.807) is 0 Å². The Balaban J connectivity index is 2.57. The van der Waals surface area contributed by atoms with Crippen LogP contribution in [0.25, 0.3) is 0 Å². The Morgan fingerprint density at radius 2 is 2.40 bits per heavy atom. The van der Waals surface area contributed by atoms with Gasteiger partial charge in [0.05, 0.1) is 12.3 Å². The highest BCUT2D eigenvalue weighted by atomic mass is 32.1. The quantitative estimate of drug-likeness (QED) is 0.452. The van der Waals surface area contributed by atoms with Crippen LogP contribution in [0, 0.1) is 0 Å². The lowest BCUT2D eigenvalue weighted by atomic mass is 10.1. The Morgan fingerprint density at radius 1 is 1.60 bits per heavy atom. The molecule has 0 aliphatic heterocycles. The maximum atomic E-state index is 11.6. The number of thiocarbonyl (C=S) groups is 1. The Morgan fingerprint density at radius 3 is 3.07 bits per heavy atom. The van der Waals surface area contributed by atoms with Gasteiger partial charge in [0.1, 0.15) is 10.6 Å². The Labute approximate surface area is 96.8 Å². The van der Waals surface area contributed by atoms with Crippen LogP contribution in [0.3, 0.4) is 0 Å². The highest BCUT2D eigenvalue weighted by Gasteiger charge is 2.26. The second kappa shape index (κ2) is 4.23. The van der Waals surface area contributed by atoms with E-state index in [1.165, 1.54) is 23.3 Å². The van der Waals surface area contributed by atoms with Crippen LogP contribution in [0.4, 0.5) is 5.00 Å². The number of thiophene rings is 1. The van der Waals surface area contributed by atoms with Crippen molar-refractivity contribution in [3.8, 4) is 0 Å². The first-order chi connectivity index (χ1) is 7.27. The predicted octanol–water partition coefficient (Wildman–Crippen LogP) is 2.76. The SMILES string of the molecule is COC(=O)c1c(N=C=S)sc2c1CCC2. The number of carbonyl (C=O) groups is 1. The standard InChI is InChI=1S/C10H9NO2S2/c1-13-10(12)8-6-3-2-4-7(6)15-9(8)11-5-14/h2-4H2,1H3. The minimum absolute atomic E-state index is 0.321. The van der Waals surface area contributed by atoms with E-state index < -0.39 is 0 Å². The smallest absolute Gasteiger partial charge is 0.341 e. The first kappa shape index (κ1) is 10.5. The van der Waals surface area contributed by atoms with Gasteiger partial charge in [0, 0.05) is 4.88 Å². The van der Waals surface area contributed by atoms with E-state index in [0.717, 1.165) is 24.8 Å². The number of isothiocyanates is 1. The molecule has 0 fully saturated rings. The van der Waals surface area contributed by atoms with Gasteiger partial charge in [-0.25, -0.2) is 4.79 Å². The molecule has 0 saturated heterocycles. The number of rotatable bonds is 2. The third-order valence-electron chi connectivity index (χ3n) is 2.44. The van der Waals surface area contributed by atoms with Gasteiger partial charge in [-0.3, -0.25) is 0 Å². The minimum Gasteiger partial charge on any atom is -0.465 e. The van der Waals surface area contributed by atoms with Gasteiger partial charge in [-0.1, -0.05) is 0 Å². The molecule has 15 heavy (non-hydrogen) atoms. The normalized spacial score (nSPS) is 13.1. The molecule has 0 amide bonds. The van der Waals surface area contributed by atoms with Gasteiger partial charge in [-0.2, -0.15) is 4.99 Å². The molecule has 78 valence electrons. The fourth-order valence-corrected chi connectivity index (χ4v) is 3.18. The molecule has 0 bridgehead atoms. The van der Waals surface area contributed by atoms with E-state index in [9.17, 15) is 4.79 Å². The molecule has 1 aromatic heterocycles. The van der Waals surface area contributed by atoms with Gasteiger partial charge in [-0.15, -0.1) is 11.3 Å². The maximum Gasteiger partial charge on any atom is 0.341 e. The zero-order valence-electron chi connectivity index (χ0n) is 8.20. The molecule has 1 heterocycles. The lowest BCUT2D eigenvalue weighted by Crippen LogP contribution is -2.02. The first-order valence-corrected chi connectivity index (χ1v) is 5.81. The number of hydrogen-bond acceptors (Lipinski definition) is 5. The van der Waals surface area contributed by atoms with Crippen LogP contribution >= 0.6 is 23.6 Å². The summed E-state index contributed by atoms with van der Waals surface area (Å²) in [4.78, 5) is 16.7. The van der Waals surface area contributed by atoms with Gasteiger partial charge in [0.2, 0.25) is 0 Å². The van der Waals surface area contributed by atoms with Crippen molar-refractivity contribution in [2.75, 3.05) is 7.11 Å². The maximum absolute atomic E-state index is 11.6. The second-order valence-electron chi connectivity index (χ2n) is 3.23. The van der Waals surface area contributed by atoms with Gasteiger partial charge >= 0.3 is 5.97 Å². The van der Waals surface area contributed by atoms with Crippen LogP contribution in [0.15, 0.2) is 4.99 Å². The van der Waals surface area contributed by atoms with Crippen molar-refractivity contribution in [3.05, 3.63) is 16.0 Å². The summed E-state index contributed by atoms with van der Waals surface area (Å²) in [6, 6.07) is 0. The zero-order chi connectivity index (χ0) is 10.8. The third kappa shape index (κ3) is 1.74. The van der Waals surface area contributed by atoms with Gasteiger partial charge in [0.15, 0.2) is 0 Å². The van der Waals surface area contributed by atoms with Crippen LogP contribution in [0.5, 0.6) is 0 Å². The largest absolute Gasteiger partial charge is 0.465 e. The van der Waals surface area contributed by atoms with Crippen molar-refractivity contribution in [1.82, 2.24) is 0 Å². The minimum atomic E-state index is -0.321. The number of esters is 1. The molecule has 0 saturated carbocycles. The molecule has 1 aliphatic rings. The summed E-state index contributed by atoms with van der Waals surface area (Å²) < 4.78 is 4.75. The molecule has 1 aromatic rings. The number of ether oxygens (including phenoxy) is 1. The van der Waals surface area contributed by atoms with E-state index in [2.05, 4.69) is 22.4 Å². The summed E-state index contributed by atoms with van der Waals surface area (Å²) in [5.41, 5.74) is 1.68. The molecule has 0 radical (unpaired) electrons. The Hall–Kier alpha value is -1.03. The summed E-state index contributed by atoms with van der Waals surface area (Å²) in [6.07, 6.45) is 3.06. The molecule has 2 rings (SSSR count). The Kier molecular flexibility index (Phi) is 2.95. The molecule has 0 spiro atoms. The molecule has 3 nitrogen and oxygen atoms in total. The van der Waals surface area contributed by atoms with E-state index in [0.29, 0.717) is 10.6 Å². The highest BCUT2D eigenvalue weighted by molar-refractivity contribution is 7.78. The molecule has 1 aliphatic carbocycles. The number of methoxy groups -OCH3 is 1. The lowest BCUT2D eigenvalue weighted by Gasteiger charge is -1.99. The van der Waals surface area contributed by atoms with Crippen molar-refractivity contribution in [2.24, 2.45) is 4.99 Å². The number of nitrogens with zero attached hydrogens (tertiary/aromatic N) is 1. The number of aliphatic imine (C=N–C) groups is 1. The van der Waals surface area contributed by atoms with Crippen LogP contribution in [-0.4, -0.2) is 18.2 Å². The fraction of sp³-hybridized carbons (Fsp3) is 0.400. The predicted molar refractivity (Wildman–Crippen MR) is 62.4 cm³/mol. The fourth-order valence-electron chi connectivity index (χ4n) is 1.82. The van der Waals surface area contributed by atoms with Crippen molar-refractivity contribution in [3.63, 3.8) is 0 Å². The molecule has 0 aromatic carbocycles. The Bertz CT molecular complexity index is 458. The number of carbonyl (C=O) groups excluding carboxylic acids is 1. The van der Waals surface area contributed by atoms with Crippen molar-refractivity contribution >= 4 is 39.7 Å². The summed E-state index contributed by atoms with van der Waals surface area (Å²) in [6.45, 7) is 0. The van der Waals surface area contributed by atoms with E-state index in [-0.39, 0.29) is 5.97 Å². The van der Waals surface area contributed by atoms with Crippen LogP contribution < -0.4 is 0 Å². The zero-order valence-corrected chi connectivity index (χ0v) is 9.83.